The van der Waals surface area contributed by atoms with Crippen molar-refractivity contribution < 1.29 is 8.42 Å². The Hall–Kier alpha value is -0.430. The van der Waals surface area contributed by atoms with Gasteiger partial charge < -0.3 is 5.32 Å². The quantitative estimate of drug-likeness (QED) is 0.801. The maximum Gasteiger partial charge on any atom is 0.244 e. The second-order valence-corrected chi connectivity index (χ2v) is 8.20. The Labute approximate surface area is 127 Å². The van der Waals surface area contributed by atoms with Gasteiger partial charge in [-0.25, -0.2) is 8.42 Å². The number of hydrogen-bond acceptors (Lipinski definition) is 4. The number of rotatable bonds is 8. The molecule has 0 unspecified atom stereocenters. The average molecular weight is 319 g/mol. The van der Waals surface area contributed by atoms with E-state index in [2.05, 4.69) is 19.2 Å². The van der Waals surface area contributed by atoms with Crippen LogP contribution in [0, 0.1) is 0 Å². The van der Waals surface area contributed by atoms with E-state index in [1.807, 2.05) is 19.2 Å². The second kappa shape index (κ2) is 7.54. The van der Waals surface area contributed by atoms with Gasteiger partial charge in [-0.05, 0) is 24.3 Å². The molecule has 0 saturated heterocycles. The van der Waals surface area contributed by atoms with Crippen molar-refractivity contribution in [2.24, 2.45) is 0 Å². The predicted octanol–water partition coefficient (Wildman–Crippen LogP) is 3.06. The number of nitrogens with one attached hydrogen (secondary N) is 1. The number of hydrogen-bond donors (Lipinski definition) is 1. The monoisotopic (exact) mass is 318 g/mol. The van der Waals surface area contributed by atoms with Crippen molar-refractivity contribution in [1.29, 1.82) is 0 Å². The molecule has 0 atom stereocenters. The fourth-order valence-corrected chi connectivity index (χ4v) is 5.01. The van der Waals surface area contributed by atoms with Gasteiger partial charge in [0.25, 0.3) is 0 Å². The van der Waals surface area contributed by atoms with Crippen LogP contribution < -0.4 is 5.32 Å². The molecule has 1 aromatic heterocycles. The molecule has 1 N–H and O–H groups in total. The van der Waals surface area contributed by atoms with Gasteiger partial charge in [0.1, 0.15) is 0 Å². The van der Waals surface area contributed by atoms with Gasteiger partial charge in [-0.2, -0.15) is 4.31 Å². The first-order valence-electron chi connectivity index (χ1n) is 7.12. The Balaban J connectivity index is 3.01. The number of sulfonamides is 1. The molecular weight excluding hydrogens is 292 g/mol. The minimum Gasteiger partial charge on any atom is -0.310 e. The van der Waals surface area contributed by atoms with Crippen molar-refractivity contribution in [3.63, 3.8) is 0 Å². The van der Waals surface area contributed by atoms with Gasteiger partial charge in [-0.1, -0.05) is 27.7 Å². The highest BCUT2D eigenvalue weighted by atomic mass is 32.2. The van der Waals surface area contributed by atoms with Crippen LogP contribution in [0.3, 0.4) is 0 Å². The lowest BCUT2D eigenvalue weighted by Gasteiger charge is -2.25. The van der Waals surface area contributed by atoms with Crippen LogP contribution in [0.4, 0.5) is 0 Å². The second-order valence-electron chi connectivity index (χ2n) is 5.24. The summed E-state index contributed by atoms with van der Waals surface area (Å²) in [4.78, 5) is 1.33. The standard InChI is InChI=1S/C14H26N2O2S2/c1-6-12(7-2)16(5)20(17,18)14-8-9-19-13(14)10-15-11(3)4/h8-9,11-12,15H,6-7,10H2,1-5H3. The van der Waals surface area contributed by atoms with E-state index in [0.29, 0.717) is 17.5 Å². The third-order valence-corrected chi connectivity index (χ3v) is 6.53. The molecule has 1 aromatic rings. The summed E-state index contributed by atoms with van der Waals surface area (Å²) in [6, 6.07) is 2.12. The Kier molecular flexibility index (Phi) is 6.64. The molecule has 4 nitrogen and oxygen atoms in total. The maximum absolute atomic E-state index is 12.7. The third kappa shape index (κ3) is 4.04. The molecular formula is C14H26N2O2S2. The highest BCUT2D eigenvalue weighted by Crippen LogP contribution is 2.26. The van der Waals surface area contributed by atoms with Gasteiger partial charge in [0, 0.05) is 30.6 Å². The molecule has 0 aliphatic rings. The molecule has 1 rings (SSSR count). The molecule has 0 spiro atoms. The molecule has 0 aliphatic heterocycles. The SMILES string of the molecule is CCC(CC)N(C)S(=O)(=O)c1ccsc1CNC(C)C. The molecule has 0 amide bonds. The summed E-state index contributed by atoms with van der Waals surface area (Å²) in [5.74, 6) is 0. The molecule has 0 radical (unpaired) electrons. The van der Waals surface area contributed by atoms with Crippen molar-refractivity contribution in [2.45, 2.75) is 64.1 Å². The summed E-state index contributed by atoms with van der Waals surface area (Å²) in [6.45, 7) is 8.75. The van der Waals surface area contributed by atoms with Gasteiger partial charge in [-0.15, -0.1) is 11.3 Å². The first-order valence-corrected chi connectivity index (χ1v) is 9.44. The minimum absolute atomic E-state index is 0.0609. The maximum atomic E-state index is 12.7. The average Bonchev–Trinajstić information content (AvgIpc) is 2.86. The van der Waals surface area contributed by atoms with E-state index in [4.69, 9.17) is 0 Å². The molecule has 116 valence electrons. The largest absolute Gasteiger partial charge is 0.310 e. The summed E-state index contributed by atoms with van der Waals surface area (Å²) >= 11 is 1.49. The topological polar surface area (TPSA) is 49.4 Å². The highest BCUT2D eigenvalue weighted by Gasteiger charge is 2.28. The van der Waals surface area contributed by atoms with Crippen LogP contribution in [0.25, 0.3) is 0 Å². The normalized spacial score (nSPS) is 12.8. The van der Waals surface area contributed by atoms with Crippen LogP contribution >= 0.6 is 11.3 Å². The van der Waals surface area contributed by atoms with E-state index in [9.17, 15) is 8.42 Å². The molecule has 20 heavy (non-hydrogen) atoms. The van der Waals surface area contributed by atoms with Gasteiger partial charge >= 0.3 is 0 Å². The first kappa shape index (κ1) is 17.6. The lowest BCUT2D eigenvalue weighted by Crippen LogP contribution is -2.36. The summed E-state index contributed by atoms with van der Waals surface area (Å²) < 4.78 is 27.0. The fraction of sp³-hybridized carbons (Fsp3) is 0.714. The van der Waals surface area contributed by atoms with Crippen LogP contribution in [-0.4, -0.2) is 31.9 Å². The van der Waals surface area contributed by atoms with E-state index in [-0.39, 0.29) is 6.04 Å². The fourth-order valence-electron chi connectivity index (χ4n) is 2.14. The van der Waals surface area contributed by atoms with Crippen molar-refractivity contribution in [3.8, 4) is 0 Å². The smallest absolute Gasteiger partial charge is 0.244 e. The van der Waals surface area contributed by atoms with Crippen LogP contribution in [0.5, 0.6) is 0 Å². The Morgan fingerprint density at radius 2 is 1.90 bits per heavy atom. The van der Waals surface area contributed by atoms with Crippen LogP contribution in [-0.2, 0) is 16.6 Å². The van der Waals surface area contributed by atoms with E-state index < -0.39 is 10.0 Å². The zero-order valence-corrected chi connectivity index (χ0v) is 14.6. The predicted molar refractivity (Wildman–Crippen MR) is 85.6 cm³/mol. The van der Waals surface area contributed by atoms with Crippen molar-refractivity contribution in [2.75, 3.05) is 7.05 Å². The molecule has 0 aliphatic carbocycles. The third-order valence-electron chi connectivity index (χ3n) is 3.49. The van der Waals surface area contributed by atoms with Crippen molar-refractivity contribution in [1.82, 2.24) is 9.62 Å². The van der Waals surface area contributed by atoms with Crippen LogP contribution in [0.15, 0.2) is 16.3 Å². The van der Waals surface area contributed by atoms with Crippen molar-refractivity contribution in [3.05, 3.63) is 16.3 Å². The summed E-state index contributed by atoms with van der Waals surface area (Å²) in [6.07, 6.45) is 1.66. The van der Waals surface area contributed by atoms with Crippen LogP contribution in [0.2, 0.25) is 0 Å². The molecule has 6 heteroatoms. The molecule has 0 aromatic carbocycles. The zero-order valence-electron chi connectivity index (χ0n) is 13.0. The Bertz CT molecular complexity index is 505. The Morgan fingerprint density at radius 1 is 1.30 bits per heavy atom. The lowest BCUT2D eigenvalue weighted by atomic mass is 10.2. The van der Waals surface area contributed by atoms with Gasteiger partial charge in [0.2, 0.25) is 10.0 Å². The van der Waals surface area contributed by atoms with Crippen molar-refractivity contribution >= 4 is 21.4 Å². The summed E-state index contributed by atoms with van der Waals surface area (Å²) in [5.41, 5.74) is 0. The summed E-state index contributed by atoms with van der Waals surface area (Å²) in [5, 5.41) is 5.14. The lowest BCUT2D eigenvalue weighted by molar-refractivity contribution is 0.349. The summed E-state index contributed by atoms with van der Waals surface area (Å²) in [7, 11) is -1.71. The van der Waals surface area contributed by atoms with Gasteiger partial charge in [-0.3, -0.25) is 0 Å². The van der Waals surface area contributed by atoms with Gasteiger partial charge in [0.15, 0.2) is 0 Å². The molecule has 1 heterocycles. The number of nitrogens with zero attached hydrogens (tertiary/aromatic N) is 1. The van der Waals surface area contributed by atoms with E-state index in [1.54, 1.807) is 13.1 Å². The van der Waals surface area contributed by atoms with E-state index in [0.717, 1.165) is 17.7 Å². The number of thiophene rings is 1. The minimum atomic E-state index is -3.39. The molecule has 0 saturated carbocycles. The molecule has 0 bridgehead atoms. The Morgan fingerprint density at radius 3 is 2.40 bits per heavy atom. The molecule has 0 fully saturated rings. The highest BCUT2D eigenvalue weighted by molar-refractivity contribution is 7.89. The van der Waals surface area contributed by atoms with Crippen LogP contribution in [0.1, 0.15) is 45.4 Å². The van der Waals surface area contributed by atoms with E-state index in [1.165, 1.54) is 15.6 Å². The van der Waals surface area contributed by atoms with E-state index >= 15 is 0 Å². The zero-order chi connectivity index (χ0) is 15.3. The van der Waals surface area contributed by atoms with Gasteiger partial charge in [0.05, 0.1) is 4.90 Å². The first-order chi connectivity index (χ1) is 9.34.